The zero-order valence-electron chi connectivity index (χ0n) is 17.1. The van der Waals surface area contributed by atoms with E-state index in [9.17, 15) is 9.18 Å². The second-order valence-corrected chi connectivity index (χ2v) is 8.37. The van der Waals surface area contributed by atoms with Crippen LogP contribution in [-0.2, 0) is 16.1 Å². The van der Waals surface area contributed by atoms with Crippen LogP contribution in [0.1, 0.15) is 60.7 Å². The van der Waals surface area contributed by atoms with Crippen LogP contribution < -0.4 is 0 Å². The summed E-state index contributed by atoms with van der Waals surface area (Å²) in [5, 5.41) is 1.59. The van der Waals surface area contributed by atoms with E-state index in [1.54, 1.807) is 5.06 Å². The van der Waals surface area contributed by atoms with E-state index in [2.05, 4.69) is 9.97 Å². The van der Waals surface area contributed by atoms with E-state index in [1.807, 2.05) is 38.2 Å². The molecule has 3 heterocycles. The monoisotopic (exact) mass is 397 g/mol. The van der Waals surface area contributed by atoms with E-state index in [1.165, 1.54) is 6.20 Å². The Hall–Kier alpha value is -2.34. The minimum Gasteiger partial charge on any atom is -0.272 e. The lowest BCUT2D eigenvalue weighted by atomic mass is 9.78. The molecule has 0 spiro atoms. The van der Waals surface area contributed by atoms with Gasteiger partial charge in [-0.2, -0.15) is 0 Å². The lowest BCUT2D eigenvalue weighted by molar-refractivity contribution is -0.183. The number of carbonyl (C=O) groups excluding carboxylic acids is 1. The van der Waals surface area contributed by atoms with Crippen LogP contribution in [0.5, 0.6) is 0 Å². The van der Waals surface area contributed by atoms with Crippen LogP contribution in [0, 0.1) is 31.5 Å². The zero-order chi connectivity index (χ0) is 20.4. The van der Waals surface area contributed by atoms with Gasteiger partial charge in [0.05, 0.1) is 18.8 Å². The second kappa shape index (κ2) is 8.57. The molecule has 4 rings (SSSR count). The van der Waals surface area contributed by atoms with E-state index in [4.69, 9.17) is 4.84 Å². The van der Waals surface area contributed by atoms with Crippen LogP contribution >= 0.6 is 0 Å². The van der Waals surface area contributed by atoms with Gasteiger partial charge in [-0.15, -0.1) is 0 Å². The van der Waals surface area contributed by atoms with Gasteiger partial charge < -0.3 is 0 Å². The van der Waals surface area contributed by atoms with Crippen LogP contribution in [0.25, 0.3) is 0 Å². The molecule has 1 saturated carbocycles. The summed E-state index contributed by atoms with van der Waals surface area (Å²) in [6, 6.07) is 5.79. The predicted molar refractivity (Wildman–Crippen MR) is 107 cm³/mol. The van der Waals surface area contributed by atoms with Gasteiger partial charge in [0.2, 0.25) is 5.91 Å². The maximum absolute atomic E-state index is 14.0. The van der Waals surface area contributed by atoms with Crippen molar-refractivity contribution in [3.63, 3.8) is 0 Å². The van der Waals surface area contributed by atoms with Gasteiger partial charge in [-0.05, 0) is 75.1 Å². The topological polar surface area (TPSA) is 55.3 Å². The van der Waals surface area contributed by atoms with Gasteiger partial charge in [-0.1, -0.05) is 6.07 Å². The van der Waals surface area contributed by atoms with Crippen molar-refractivity contribution in [3.05, 3.63) is 58.9 Å². The van der Waals surface area contributed by atoms with Crippen LogP contribution in [0.15, 0.2) is 30.6 Å². The maximum Gasteiger partial charge on any atom is 0.249 e. The number of amides is 1. The first-order chi connectivity index (χ1) is 14.0. The van der Waals surface area contributed by atoms with Gasteiger partial charge in [0.25, 0.3) is 0 Å². The molecule has 0 N–H and O–H groups in total. The quantitative estimate of drug-likeness (QED) is 0.763. The number of aryl methyl sites for hydroxylation is 2. The summed E-state index contributed by atoms with van der Waals surface area (Å²) in [7, 11) is 0. The van der Waals surface area contributed by atoms with Gasteiger partial charge in [0, 0.05) is 29.9 Å². The number of nitrogens with zero attached hydrogens (tertiary/aromatic N) is 3. The Kier molecular flexibility index (Phi) is 5.90. The van der Waals surface area contributed by atoms with Gasteiger partial charge in [0.15, 0.2) is 0 Å². The third-order valence-electron chi connectivity index (χ3n) is 6.22. The molecule has 0 aromatic carbocycles. The van der Waals surface area contributed by atoms with E-state index >= 15 is 0 Å². The maximum atomic E-state index is 14.0. The molecule has 1 aliphatic heterocycles. The summed E-state index contributed by atoms with van der Waals surface area (Å²) in [6.07, 6.45) is 8.19. The molecular formula is C23H28FN3O2. The Morgan fingerprint density at radius 2 is 1.86 bits per heavy atom. The third-order valence-corrected chi connectivity index (χ3v) is 6.22. The number of pyridine rings is 2. The smallest absolute Gasteiger partial charge is 0.249 e. The highest BCUT2D eigenvalue weighted by molar-refractivity contribution is 5.78. The van der Waals surface area contributed by atoms with E-state index in [0.717, 1.165) is 54.6 Å². The summed E-state index contributed by atoms with van der Waals surface area (Å²) < 4.78 is 14.0. The summed E-state index contributed by atoms with van der Waals surface area (Å²) in [6.45, 7) is 4.39. The molecule has 29 heavy (non-hydrogen) atoms. The fourth-order valence-corrected chi connectivity index (χ4v) is 4.53. The molecule has 5 nitrogen and oxygen atoms in total. The molecule has 2 aliphatic rings. The number of rotatable bonds is 4. The Morgan fingerprint density at radius 1 is 1.10 bits per heavy atom. The summed E-state index contributed by atoms with van der Waals surface area (Å²) >= 11 is 0. The number of hydrogen-bond donors (Lipinski definition) is 0. The zero-order valence-corrected chi connectivity index (χ0v) is 17.1. The Balaban J connectivity index is 1.36. The normalized spacial score (nSPS) is 24.7. The number of hydrogen-bond acceptors (Lipinski definition) is 4. The number of carbonyl (C=O) groups is 1. The van der Waals surface area contributed by atoms with Crippen LogP contribution in [-0.4, -0.2) is 27.5 Å². The Bertz CT molecular complexity index is 863. The Labute approximate surface area is 171 Å². The van der Waals surface area contributed by atoms with E-state index in [0.29, 0.717) is 18.9 Å². The molecule has 1 saturated heterocycles. The third kappa shape index (κ3) is 4.47. The standard InChI is InChI=1S/C23H28FN3O2/c1-15-3-6-19(13-25-15)22-9-10-29-27(22)23(28)18-7-4-17(5-8-18)12-20-11-16(2)26-14-21(20)24/h3,6,11,13-14,17-18,22H,4-5,7-10,12H2,1-2H3/t17-,18-,22-/m0/s1. The molecule has 1 atom stereocenters. The highest BCUT2D eigenvalue weighted by Gasteiger charge is 2.37. The largest absolute Gasteiger partial charge is 0.272 e. The van der Waals surface area contributed by atoms with Crippen molar-refractivity contribution in [3.8, 4) is 0 Å². The molecule has 0 radical (unpaired) electrons. The number of halogens is 1. The lowest BCUT2D eigenvalue weighted by Crippen LogP contribution is -2.36. The molecule has 2 fully saturated rings. The molecule has 2 aromatic rings. The van der Waals surface area contributed by atoms with E-state index in [-0.39, 0.29) is 23.7 Å². The van der Waals surface area contributed by atoms with Crippen molar-refractivity contribution >= 4 is 5.91 Å². The van der Waals surface area contributed by atoms with Crippen molar-refractivity contribution in [1.29, 1.82) is 0 Å². The second-order valence-electron chi connectivity index (χ2n) is 8.37. The predicted octanol–water partition coefficient (Wildman–Crippen LogP) is 4.49. The first-order valence-corrected chi connectivity index (χ1v) is 10.5. The first kappa shape index (κ1) is 20.0. The molecule has 1 aliphatic carbocycles. The van der Waals surface area contributed by atoms with Crippen molar-refractivity contribution < 1.29 is 14.0 Å². The molecule has 1 amide bonds. The average molecular weight is 397 g/mol. The summed E-state index contributed by atoms with van der Waals surface area (Å²) in [5.41, 5.74) is 3.57. The Morgan fingerprint density at radius 3 is 2.59 bits per heavy atom. The van der Waals surface area contributed by atoms with Crippen molar-refractivity contribution in [2.45, 2.75) is 58.4 Å². The van der Waals surface area contributed by atoms with Crippen molar-refractivity contribution in [2.75, 3.05) is 6.61 Å². The van der Waals surface area contributed by atoms with Crippen molar-refractivity contribution in [1.82, 2.24) is 15.0 Å². The molecule has 2 aromatic heterocycles. The molecular weight excluding hydrogens is 369 g/mol. The van der Waals surface area contributed by atoms with Gasteiger partial charge in [0.1, 0.15) is 5.82 Å². The SMILES string of the molecule is Cc1ccc([C@@H]2CCON2C(=O)[C@H]2CC[C@H](Cc3cc(C)ncc3F)CC2)cn1. The molecule has 0 bridgehead atoms. The average Bonchev–Trinajstić information content (AvgIpc) is 3.21. The van der Waals surface area contributed by atoms with Crippen LogP contribution in [0.4, 0.5) is 4.39 Å². The minimum absolute atomic E-state index is 0.0192. The summed E-state index contributed by atoms with van der Waals surface area (Å²) in [4.78, 5) is 27.2. The van der Waals surface area contributed by atoms with E-state index < -0.39 is 0 Å². The first-order valence-electron chi connectivity index (χ1n) is 10.5. The molecule has 154 valence electrons. The van der Waals surface area contributed by atoms with Gasteiger partial charge in [-0.3, -0.25) is 19.6 Å². The minimum atomic E-state index is -0.228. The lowest BCUT2D eigenvalue weighted by Gasteiger charge is -2.32. The van der Waals surface area contributed by atoms with Gasteiger partial charge >= 0.3 is 0 Å². The fourth-order valence-electron chi connectivity index (χ4n) is 4.53. The number of hydroxylamine groups is 2. The van der Waals surface area contributed by atoms with Crippen LogP contribution in [0.3, 0.4) is 0 Å². The number of aromatic nitrogens is 2. The van der Waals surface area contributed by atoms with Crippen LogP contribution in [0.2, 0.25) is 0 Å². The molecule has 6 heteroatoms. The van der Waals surface area contributed by atoms with Crippen molar-refractivity contribution in [2.24, 2.45) is 11.8 Å². The summed E-state index contributed by atoms with van der Waals surface area (Å²) in [5.74, 6) is 0.243. The fraction of sp³-hybridized carbons (Fsp3) is 0.522. The van der Waals surface area contributed by atoms with Gasteiger partial charge in [-0.25, -0.2) is 9.45 Å². The molecule has 0 unspecified atom stereocenters. The highest BCUT2D eigenvalue weighted by atomic mass is 19.1. The highest BCUT2D eigenvalue weighted by Crippen LogP contribution is 2.37.